The van der Waals surface area contributed by atoms with Crippen LogP contribution in [0.1, 0.15) is 5.56 Å². The Bertz CT molecular complexity index is 903. The number of nitro benzene ring substituents is 1. The average molecular weight is 305 g/mol. The summed E-state index contributed by atoms with van der Waals surface area (Å²) in [5.41, 5.74) is -0.841. The predicted molar refractivity (Wildman–Crippen MR) is 76.0 cm³/mol. The summed E-state index contributed by atoms with van der Waals surface area (Å²) in [6.07, 6.45) is 1.28. The maximum atomic E-state index is 13.8. The topological polar surface area (TPSA) is 78.0 Å². The number of halogens is 1. The zero-order chi connectivity index (χ0) is 15.0. The van der Waals surface area contributed by atoms with E-state index in [1.807, 2.05) is 0 Å². The van der Waals surface area contributed by atoms with E-state index in [1.54, 1.807) is 11.4 Å². The van der Waals surface area contributed by atoms with Crippen LogP contribution < -0.4 is 5.56 Å². The molecule has 1 aromatic carbocycles. The number of benzene rings is 1. The lowest BCUT2D eigenvalue weighted by Gasteiger charge is -2.07. The number of fused-ring (bicyclic) bond motifs is 1. The fraction of sp³-hybridized carbons (Fsp3) is 0.0769. The van der Waals surface area contributed by atoms with Crippen molar-refractivity contribution < 1.29 is 9.31 Å². The monoisotopic (exact) mass is 305 g/mol. The quantitative estimate of drug-likeness (QED) is 0.550. The number of thiophene rings is 1. The number of rotatable bonds is 3. The number of nitro groups is 1. The van der Waals surface area contributed by atoms with Crippen LogP contribution >= 0.6 is 11.3 Å². The van der Waals surface area contributed by atoms with Gasteiger partial charge in [0.2, 0.25) is 0 Å². The van der Waals surface area contributed by atoms with Crippen LogP contribution in [-0.4, -0.2) is 14.5 Å². The SMILES string of the molecule is O=c1c2ccsc2ncn1Cc1c(F)cccc1[N+](=O)[O-]. The molecule has 106 valence electrons. The van der Waals surface area contributed by atoms with Crippen LogP contribution in [0, 0.1) is 15.9 Å². The molecule has 0 fully saturated rings. The molecule has 0 atom stereocenters. The Morgan fingerprint density at radius 3 is 2.95 bits per heavy atom. The van der Waals surface area contributed by atoms with Gasteiger partial charge in [0, 0.05) is 6.07 Å². The molecule has 0 bridgehead atoms. The van der Waals surface area contributed by atoms with E-state index in [4.69, 9.17) is 0 Å². The van der Waals surface area contributed by atoms with E-state index >= 15 is 0 Å². The van der Waals surface area contributed by atoms with Crippen LogP contribution in [0.15, 0.2) is 40.8 Å². The molecule has 0 amide bonds. The number of nitrogens with zero attached hydrogens (tertiary/aromatic N) is 3. The molecule has 0 saturated carbocycles. The van der Waals surface area contributed by atoms with Gasteiger partial charge in [0.15, 0.2) is 0 Å². The Labute approximate surface area is 121 Å². The third-order valence-electron chi connectivity index (χ3n) is 3.07. The maximum Gasteiger partial charge on any atom is 0.277 e. The van der Waals surface area contributed by atoms with Gasteiger partial charge in [-0.05, 0) is 17.5 Å². The van der Waals surface area contributed by atoms with Crippen molar-refractivity contribution >= 4 is 27.2 Å². The van der Waals surface area contributed by atoms with Crippen LogP contribution in [0.5, 0.6) is 0 Å². The van der Waals surface area contributed by atoms with Crippen molar-refractivity contribution in [3.63, 3.8) is 0 Å². The molecule has 0 N–H and O–H groups in total. The van der Waals surface area contributed by atoms with Crippen LogP contribution in [0.25, 0.3) is 10.2 Å². The van der Waals surface area contributed by atoms with Crippen LogP contribution in [0.2, 0.25) is 0 Å². The van der Waals surface area contributed by atoms with Gasteiger partial charge >= 0.3 is 0 Å². The van der Waals surface area contributed by atoms with Gasteiger partial charge in [0.05, 0.1) is 28.7 Å². The Morgan fingerprint density at radius 1 is 1.38 bits per heavy atom. The lowest BCUT2D eigenvalue weighted by molar-refractivity contribution is -0.385. The summed E-state index contributed by atoms with van der Waals surface area (Å²) in [6.45, 7) is -0.236. The van der Waals surface area contributed by atoms with Crippen molar-refractivity contribution in [2.45, 2.75) is 6.54 Å². The van der Waals surface area contributed by atoms with Gasteiger partial charge in [-0.25, -0.2) is 9.37 Å². The summed E-state index contributed by atoms with van der Waals surface area (Å²) < 4.78 is 15.0. The summed E-state index contributed by atoms with van der Waals surface area (Å²) >= 11 is 1.32. The van der Waals surface area contributed by atoms with Crippen molar-refractivity contribution in [1.29, 1.82) is 0 Å². The molecule has 0 spiro atoms. The molecular formula is C13H8FN3O3S. The smallest absolute Gasteiger partial charge is 0.277 e. The van der Waals surface area contributed by atoms with E-state index < -0.39 is 10.7 Å². The summed E-state index contributed by atoms with van der Waals surface area (Å²) in [5, 5.41) is 13.1. The highest BCUT2D eigenvalue weighted by Crippen LogP contribution is 2.22. The first-order chi connectivity index (χ1) is 10.1. The van der Waals surface area contributed by atoms with Crippen molar-refractivity contribution in [2.75, 3.05) is 0 Å². The highest BCUT2D eigenvalue weighted by molar-refractivity contribution is 7.16. The van der Waals surface area contributed by atoms with E-state index in [2.05, 4.69) is 4.98 Å². The Kier molecular flexibility index (Phi) is 3.22. The predicted octanol–water partition coefficient (Wildman–Crippen LogP) is 2.55. The van der Waals surface area contributed by atoms with Crippen molar-refractivity contribution in [3.05, 3.63) is 67.8 Å². The molecule has 8 heteroatoms. The fourth-order valence-corrected chi connectivity index (χ4v) is 2.77. The number of hydrogen-bond donors (Lipinski definition) is 0. The summed E-state index contributed by atoms with van der Waals surface area (Å²) in [7, 11) is 0. The number of hydrogen-bond acceptors (Lipinski definition) is 5. The van der Waals surface area contributed by atoms with E-state index in [0.29, 0.717) is 10.2 Å². The van der Waals surface area contributed by atoms with Crippen molar-refractivity contribution in [2.24, 2.45) is 0 Å². The van der Waals surface area contributed by atoms with Crippen LogP contribution in [0.4, 0.5) is 10.1 Å². The first-order valence-corrected chi connectivity index (χ1v) is 6.80. The molecule has 0 aliphatic carbocycles. The molecule has 3 rings (SSSR count). The van der Waals surface area contributed by atoms with Gasteiger partial charge in [0.25, 0.3) is 11.2 Å². The molecule has 0 unspecified atom stereocenters. The zero-order valence-electron chi connectivity index (χ0n) is 10.5. The largest absolute Gasteiger partial charge is 0.294 e. The van der Waals surface area contributed by atoms with Gasteiger partial charge in [0.1, 0.15) is 10.6 Å². The summed E-state index contributed by atoms with van der Waals surface area (Å²) in [5.74, 6) is -0.721. The van der Waals surface area contributed by atoms with Crippen LogP contribution in [0.3, 0.4) is 0 Å². The normalized spacial score (nSPS) is 10.9. The highest BCUT2D eigenvalue weighted by Gasteiger charge is 2.19. The Morgan fingerprint density at radius 2 is 2.19 bits per heavy atom. The van der Waals surface area contributed by atoms with Crippen LogP contribution in [-0.2, 0) is 6.54 Å². The van der Waals surface area contributed by atoms with Gasteiger partial charge in [-0.15, -0.1) is 11.3 Å². The molecule has 21 heavy (non-hydrogen) atoms. The zero-order valence-corrected chi connectivity index (χ0v) is 11.3. The summed E-state index contributed by atoms with van der Waals surface area (Å²) in [4.78, 5) is 27.2. The second kappa shape index (κ2) is 5.06. The van der Waals surface area contributed by atoms with E-state index in [0.717, 1.165) is 6.07 Å². The van der Waals surface area contributed by atoms with E-state index in [1.165, 1.54) is 34.4 Å². The minimum absolute atomic E-state index is 0.138. The maximum absolute atomic E-state index is 13.8. The third-order valence-corrected chi connectivity index (χ3v) is 3.89. The van der Waals surface area contributed by atoms with E-state index in [-0.39, 0.29) is 23.4 Å². The van der Waals surface area contributed by atoms with E-state index in [9.17, 15) is 19.3 Å². The third kappa shape index (κ3) is 2.29. The minimum Gasteiger partial charge on any atom is -0.294 e. The molecule has 2 heterocycles. The lowest BCUT2D eigenvalue weighted by Crippen LogP contribution is -2.21. The minimum atomic E-state index is -0.721. The number of aromatic nitrogens is 2. The lowest BCUT2D eigenvalue weighted by atomic mass is 10.1. The molecule has 2 aromatic heterocycles. The van der Waals surface area contributed by atoms with Crippen molar-refractivity contribution in [1.82, 2.24) is 9.55 Å². The molecule has 0 aliphatic heterocycles. The molecule has 0 radical (unpaired) electrons. The van der Waals surface area contributed by atoms with Gasteiger partial charge in [-0.3, -0.25) is 19.5 Å². The Balaban J connectivity index is 2.13. The summed E-state index contributed by atoms with van der Waals surface area (Å²) in [6, 6.07) is 5.23. The van der Waals surface area contributed by atoms with Gasteiger partial charge in [-0.2, -0.15) is 0 Å². The highest BCUT2D eigenvalue weighted by atomic mass is 32.1. The van der Waals surface area contributed by atoms with Gasteiger partial charge in [-0.1, -0.05) is 6.07 Å². The van der Waals surface area contributed by atoms with Gasteiger partial charge < -0.3 is 0 Å². The average Bonchev–Trinajstić information content (AvgIpc) is 2.92. The Hall–Kier alpha value is -2.61. The first kappa shape index (κ1) is 13.4. The molecule has 0 saturated heterocycles. The second-order valence-corrected chi connectivity index (χ2v) is 5.21. The second-order valence-electron chi connectivity index (χ2n) is 4.31. The molecular weight excluding hydrogens is 297 g/mol. The standard InChI is InChI=1S/C13H8FN3O3S/c14-10-2-1-3-11(17(19)20)9(10)6-16-7-15-12-8(13(16)18)4-5-21-12/h1-5,7H,6H2. The van der Waals surface area contributed by atoms with Crippen molar-refractivity contribution in [3.8, 4) is 0 Å². The molecule has 3 aromatic rings. The fourth-order valence-electron chi connectivity index (χ4n) is 2.05. The molecule has 0 aliphatic rings. The molecule has 6 nitrogen and oxygen atoms in total. The first-order valence-electron chi connectivity index (χ1n) is 5.92.